The first-order valence-corrected chi connectivity index (χ1v) is 6.49. The summed E-state index contributed by atoms with van der Waals surface area (Å²) < 4.78 is 7.02. The molecule has 0 saturated carbocycles. The number of carbonyl (C=O) groups excluding carboxylic acids is 1. The number of methoxy groups -OCH3 is 1. The highest BCUT2D eigenvalue weighted by Crippen LogP contribution is 2.21. The molecule has 2 rings (SSSR count). The molecule has 0 bridgehead atoms. The van der Waals surface area contributed by atoms with E-state index in [0.717, 1.165) is 23.4 Å². The van der Waals surface area contributed by atoms with Crippen molar-refractivity contribution in [3.63, 3.8) is 0 Å². The van der Waals surface area contributed by atoms with Crippen LogP contribution < -0.4 is 10.1 Å². The molecule has 2 aromatic rings. The lowest BCUT2D eigenvalue weighted by Gasteiger charge is -2.07. The minimum atomic E-state index is -0.0674. The van der Waals surface area contributed by atoms with Crippen LogP contribution in [0.3, 0.4) is 0 Å². The van der Waals surface area contributed by atoms with Crippen molar-refractivity contribution in [2.24, 2.45) is 7.05 Å². The molecule has 7 heteroatoms. The molecule has 0 radical (unpaired) electrons. The Morgan fingerprint density at radius 2 is 2.35 bits per heavy atom. The van der Waals surface area contributed by atoms with Crippen LogP contribution in [0.2, 0.25) is 0 Å². The summed E-state index contributed by atoms with van der Waals surface area (Å²) in [5.41, 5.74) is 2.65. The lowest BCUT2D eigenvalue weighted by atomic mass is 10.2. The standard InChI is InChI=1S/C13H19N5O2/c1-4-11-10(13(20-3)18(2)17-11)8-14-12(19)7-9-5-6-15-16-9/h5-6H,4,7-8H2,1-3H3,(H,14,19)(H,15,16). The summed E-state index contributed by atoms with van der Waals surface area (Å²) in [4.78, 5) is 11.9. The van der Waals surface area contributed by atoms with Gasteiger partial charge in [0, 0.05) is 25.5 Å². The highest BCUT2D eigenvalue weighted by molar-refractivity contribution is 5.78. The van der Waals surface area contributed by atoms with Crippen LogP contribution in [0, 0.1) is 0 Å². The second kappa shape index (κ2) is 6.23. The van der Waals surface area contributed by atoms with E-state index in [0.29, 0.717) is 12.4 Å². The molecule has 0 fully saturated rings. The summed E-state index contributed by atoms with van der Waals surface area (Å²) in [5, 5.41) is 13.8. The fraction of sp³-hybridized carbons (Fsp3) is 0.462. The first-order chi connectivity index (χ1) is 9.65. The van der Waals surface area contributed by atoms with E-state index < -0.39 is 0 Å². The van der Waals surface area contributed by atoms with Crippen LogP contribution in [-0.2, 0) is 31.2 Å². The van der Waals surface area contributed by atoms with E-state index in [1.807, 2.05) is 14.0 Å². The van der Waals surface area contributed by atoms with E-state index in [1.54, 1.807) is 24.1 Å². The molecule has 0 spiro atoms. The smallest absolute Gasteiger partial charge is 0.226 e. The van der Waals surface area contributed by atoms with Crippen molar-refractivity contribution in [1.82, 2.24) is 25.3 Å². The van der Waals surface area contributed by atoms with Crippen molar-refractivity contribution in [1.29, 1.82) is 0 Å². The van der Waals surface area contributed by atoms with Crippen LogP contribution in [0.15, 0.2) is 12.3 Å². The van der Waals surface area contributed by atoms with Crippen LogP contribution in [0.5, 0.6) is 5.88 Å². The van der Waals surface area contributed by atoms with Gasteiger partial charge in [-0.3, -0.25) is 9.89 Å². The Balaban J connectivity index is 2.01. The van der Waals surface area contributed by atoms with Crippen molar-refractivity contribution in [2.75, 3.05) is 7.11 Å². The maximum Gasteiger partial charge on any atom is 0.226 e. The van der Waals surface area contributed by atoms with Gasteiger partial charge in [0.2, 0.25) is 11.8 Å². The zero-order chi connectivity index (χ0) is 14.5. The van der Waals surface area contributed by atoms with Gasteiger partial charge >= 0.3 is 0 Å². The van der Waals surface area contributed by atoms with Gasteiger partial charge in [0.1, 0.15) is 0 Å². The Bertz CT molecular complexity index is 574. The third kappa shape index (κ3) is 2.98. The molecule has 2 aromatic heterocycles. The van der Waals surface area contributed by atoms with Gasteiger partial charge in [0.15, 0.2) is 0 Å². The predicted octanol–water partition coefficient (Wildman–Crippen LogP) is 0.573. The molecule has 0 aliphatic carbocycles. The molecule has 2 N–H and O–H groups in total. The number of amides is 1. The fourth-order valence-electron chi connectivity index (χ4n) is 2.13. The quantitative estimate of drug-likeness (QED) is 0.808. The molecule has 7 nitrogen and oxygen atoms in total. The van der Waals surface area contributed by atoms with Gasteiger partial charge in [0.25, 0.3) is 0 Å². The first kappa shape index (κ1) is 14.1. The maximum atomic E-state index is 11.9. The summed E-state index contributed by atoms with van der Waals surface area (Å²) in [5.74, 6) is 0.617. The van der Waals surface area contributed by atoms with E-state index in [9.17, 15) is 4.79 Å². The number of aromatic nitrogens is 4. The van der Waals surface area contributed by atoms with E-state index in [2.05, 4.69) is 20.6 Å². The number of carbonyl (C=O) groups is 1. The molecule has 2 heterocycles. The maximum absolute atomic E-state index is 11.9. The third-order valence-corrected chi connectivity index (χ3v) is 3.07. The molecule has 0 saturated heterocycles. The topological polar surface area (TPSA) is 84.8 Å². The molecule has 0 aliphatic heterocycles. The number of H-pyrrole nitrogens is 1. The summed E-state index contributed by atoms with van der Waals surface area (Å²) in [6.45, 7) is 2.44. The summed E-state index contributed by atoms with van der Waals surface area (Å²) in [6, 6.07) is 1.78. The van der Waals surface area contributed by atoms with Crippen LogP contribution in [0.1, 0.15) is 23.9 Å². The number of nitrogens with zero attached hydrogens (tertiary/aromatic N) is 3. The van der Waals surface area contributed by atoms with Crippen molar-refractivity contribution in [3.8, 4) is 5.88 Å². The Kier molecular flexibility index (Phi) is 4.39. The number of ether oxygens (including phenoxy) is 1. The molecule has 20 heavy (non-hydrogen) atoms. The largest absolute Gasteiger partial charge is 0.481 e. The Labute approximate surface area is 117 Å². The predicted molar refractivity (Wildman–Crippen MR) is 73.3 cm³/mol. The first-order valence-electron chi connectivity index (χ1n) is 6.49. The number of hydrogen-bond acceptors (Lipinski definition) is 4. The minimum absolute atomic E-state index is 0.0674. The number of hydrogen-bond donors (Lipinski definition) is 2. The van der Waals surface area contributed by atoms with E-state index in [1.165, 1.54) is 0 Å². The Morgan fingerprint density at radius 1 is 1.55 bits per heavy atom. The van der Waals surface area contributed by atoms with Gasteiger partial charge in [-0.1, -0.05) is 6.92 Å². The number of aryl methyl sites for hydroxylation is 2. The molecular weight excluding hydrogens is 258 g/mol. The average Bonchev–Trinajstić information content (AvgIpc) is 3.03. The molecule has 1 amide bonds. The van der Waals surface area contributed by atoms with Gasteiger partial charge in [-0.25, -0.2) is 4.68 Å². The van der Waals surface area contributed by atoms with Gasteiger partial charge in [-0.15, -0.1) is 0 Å². The lowest BCUT2D eigenvalue weighted by molar-refractivity contribution is -0.120. The minimum Gasteiger partial charge on any atom is -0.481 e. The van der Waals surface area contributed by atoms with Crippen molar-refractivity contribution in [3.05, 3.63) is 29.2 Å². The molecular formula is C13H19N5O2. The third-order valence-electron chi connectivity index (χ3n) is 3.07. The Morgan fingerprint density at radius 3 is 2.95 bits per heavy atom. The van der Waals surface area contributed by atoms with E-state index in [4.69, 9.17) is 4.74 Å². The highest BCUT2D eigenvalue weighted by Gasteiger charge is 2.16. The Hall–Kier alpha value is -2.31. The van der Waals surface area contributed by atoms with Crippen molar-refractivity contribution >= 4 is 5.91 Å². The summed E-state index contributed by atoms with van der Waals surface area (Å²) >= 11 is 0. The van der Waals surface area contributed by atoms with Gasteiger partial charge in [-0.05, 0) is 12.5 Å². The molecule has 0 unspecified atom stereocenters. The number of nitrogens with one attached hydrogen (secondary N) is 2. The molecule has 0 atom stereocenters. The second-order valence-electron chi connectivity index (χ2n) is 4.45. The van der Waals surface area contributed by atoms with Gasteiger partial charge in [0.05, 0.1) is 24.8 Å². The molecule has 0 aromatic carbocycles. The average molecular weight is 277 g/mol. The normalized spacial score (nSPS) is 10.6. The monoisotopic (exact) mass is 277 g/mol. The fourth-order valence-corrected chi connectivity index (χ4v) is 2.13. The SMILES string of the molecule is CCc1nn(C)c(OC)c1CNC(=O)Cc1ccn[nH]1. The van der Waals surface area contributed by atoms with Crippen molar-refractivity contribution in [2.45, 2.75) is 26.3 Å². The zero-order valence-electron chi connectivity index (χ0n) is 11.9. The number of aromatic amines is 1. The van der Waals surface area contributed by atoms with Gasteiger partial charge in [-0.2, -0.15) is 10.2 Å². The second-order valence-corrected chi connectivity index (χ2v) is 4.45. The molecule has 0 aliphatic rings. The van der Waals surface area contributed by atoms with Crippen LogP contribution in [0.4, 0.5) is 0 Å². The van der Waals surface area contributed by atoms with Crippen LogP contribution >= 0.6 is 0 Å². The lowest BCUT2D eigenvalue weighted by Crippen LogP contribution is -2.25. The zero-order valence-corrected chi connectivity index (χ0v) is 11.9. The van der Waals surface area contributed by atoms with E-state index >= 15 is 0 Å². The summed E-state index contributed by atoms with van der Waals surface area (Å²) in [7, 11) is 3.43. The van der Waals surface area contributed by atoms with E-state index in [-0.39, 0.29) is 12.3 Å². The van der Waals surface area contributed by atoms with Crippen LogP contribution in [0.25, 0.3) is 0 Å². The van der Waals surface area contributed by atoms with Gasteiger partial charge < -0.3 is 10.1 Å². The molecule has 108 valence electrons. The van der Waals surface area contributed by atoms with Crippen molar-refractivity contribution < 1.29 is 9.53 Å². The summed E-state index contributed by atoms with van der Waals surface area (Å²) in [6.07, 6.45) is 2.70. The van der Waals surface area contributed by atoms with Crippen LogP contribution in [-0.4, -0.2) is 33.0 Å². The number of rotatable bonds is 6. The highest BCUT2D eigenvalue weighted by atomic mass is 16.5.